The second-order valence-corrected chi connectivity index (χ2v) is 5.16. The number of benzene rings is 1. The van der Waals surface area contributed by atoms with Gasteiger partial charge in [-0.25, -0.2) is 0 Å². The zero-order chi connectivity index (χ0) is 12.1. The lowest BCUT2D eigenvalue weighted by Crippen LogP contribution is -2.14. The minimum atomic E-state index is -0.0206. The maximum absolute atomic E-state index is 6.15. The molecule has 0 aliphatic rings. The Labute approximate surface area is 108 Å². The summed E-state index contributed by atoms with van der Waals surface area (Å²) in [6.07, 6.45) is 3.34. The first kappa shape index (κ1) is 13.8. The van der Waals surface area contributed by atoms with Crippen LogP contribution in [0.5, 0.6) is 0 Å². The van der Waals surface area contributed by atoms with E-state index in [1.54, 1.807) is 6.07 Å². The summed E-state index contributed by atoms with van der Waals surface area (Å²) in [5, 5.41) is 1.18. The van der Waals surface area contributed by atoms with Crippen molar-refractivity contribution in [3.8, 4) is 0 Å². The van der Waals surface area contributed by atoms with Gasteiger partial charge in [-0.05, 0) is 24.0 Å². The van der Waals surface area contributed by atoms with Crippen LogP contribution in [0.2, 0.25) is 10.0 Å². The Bertz CT molecular complexity index is 339. The van der Waals surface area contributed by atoms with Crippen LogP contribution in [0.15, 0.2) is 18.2 Å². The van der Waals surface area contributed by atoms with Gasteiger partial charge in [0.05, 0.1) is 10.0 Å². The largest absolute Gasteiger partial charge is 0.324 e. The van der Waals surface area contributed by atoms with Crippen molar-refractivity contribution in [2.24, 2.45) is 11.7 Å². The van der Waals surface area contributed by atoms with Crippen LogP contribution in [0.1, 0.15) is 44.7 Å². The van der Waals surface area contributed by atoms with E-state index < -0.39 is 0 Å². The Hall–Kier alpha value is -0.240. The summed E-state index contributed by atoms with van der Waals surface area (Å²) >= 11 is 12.1. The molecular formula is C13H19Cl2N. The van der Waals surface area contributed by atoms with Crippen LogP contribution >= 0.6 is 23.2 Å². The second-order valence-electron chi connectivity index (χ2n) is 4.38. The lowest BCUT2D eigenvalue weighted by Gasteiger charge is -2.18. The zero-order valence-corrected chi connectivity index (χ0v) is 11.4. The van der Waals surface area contributed by atoms with Gasteiger partial charge < -0.3 is 5.73 Å². The van der Waals surface area contributed by atoms with Crippen molar-refractivity contribution in [2.45, 2.75) is 39.2 Å². The fourth-order valence-electron chi connectivity index (χ4n) is 1.98. The number of hydrogen-bond acceptors (Lipinski definition) is 1. The van der Waals surface area contributed by atoms with Crippen LogP contribution in [0.25, 0.3) is 0 Å². The van der Waals surface area contributed by atoms with E-state index in [1.807, 2.05) is 12.1 Å². The normalized spacial score (nSPS) is 14.8. The van der Waals surface area contributed by atoms with Crippen LogP contribution in [0.4, 0.5) is 0 Å². The van der Waals surface area contributed by atoms with Crippen LogP contribution in [0, 0.1) is 5.92 Å². The van der Waals surface area contributed by atoms with Gasteiger partial charge in [-0.3, -0.25) is 0 Å². The van der Waals surface area contributed by atoms with Crippen LogP contribution < -0.4 is 5.73 Å². The summed E-state index contributed by atoms with van der Waals surface area (Å²) < 4.78 is 0. The van der Waals surface area contributed by atoms with E-state index in [9.17, 15) is 0 Å². The third-order valence-corrected chi connectivity index (χ3v) is 3.65. The highest BCUT2D eigenvalue weighted by Crippen LogP contribution is 2.32. The number of hydrogen-bond donors (Lipinski definition) is 1. The molecule has 1 rings (SSSR count). The highest BCUT2D eigenvalue weighted by molar-refractivity contribution is 6.42. The molecule has 0 radical (unpaired) electrons. The summed E-state index contributed by atoms with van der Waals surface area (Å²) in [6, 6.07) is 5.62. The molecule has 2 unspecified atom stereocenters. The van der Waals surface area contributed by atoms with E-state index in [-0.39, 0.29) is 6.04 Å². The molecule has 2 N–H and O–H groups in total. The van der Waals surface area contributed by atoms with Gasteiger partial charge in [0.25, 0.3) is 0 Å². The molecule has 0 bridgehead atoms. The fourth-order valence-corrected chi connectivity index (χ4v) is 2.43. The van der Waals surface area contributed by atoms with Gasteiger partial charge in [0, 0.05) is 6.04 Å². The van der Waals surface area contributed by atoms with Gasteiger partial charge in [0.2, 0.25) is 0 Å². The summed E-state index contributed by atoms with van der Waals surface area (Å²) in [5.74, 6) is 0.620. The van der Waals surface area contributed by atoms with Crippen molar-refractivity contribution in [1.82, 2.24) is 0 Å². The third-order valence-electron chi connectivity index (χ3n) is 2.82. The predicted octanol–water partition coefficient (Wildman–Crippen LogP) is 4.82. The Morgan fingerprint density at radius 2 is 2.00 bits per heavy atom. The van der Waals surface area contributed by atoms with E-state index in [1.165, 1.54) is 12.8 Å². The van der Waals surface area contributed by atoms with Crippen molar-refractivity contribution in [3.05, 3.63) is 33.8 Å². The minimum Gasteiger partial charge on any atom is -0.324 e. The molecule has 90 valence electrons. The molecule has 16 heavy (non-hydrogen) atoms. The van der Waals surface area contributed by atoms with Gasteiger partial charge in [0.15, 0.2) is 0 Å². The molecule has 0 saturated heterocycles. The first-order chi connectivity index (χ1) is 7.56. The molecule has 1 aromatic carbocycles. The lowest BCUT2D eigenvalue weighted by atomic mass is 9.93. The van der Waals surface area contributed by atoms with Crippen molar-refractivity contribution < 1.29 is 0 Å². The quantitative estimate of drug-likeness (QED) is 0.807. The van der Waals surface area contributed by atoms with Crippen molar-refractivity contribution >= 4 is 23.2 Å². The first-order valence-electron chi connectivity index (χ1n) is 5.75. The first-order valence-corrected chi connectivity index (χ1v) is 6.51. The van der Waals surface area contributed by atoms with E-state index in [2.05, 4.69) is 13.8 Å². The Morgan fingerprint density at radius 3 is 2.62 bits per heavy atom. The summed E-state index contributed by atoms with van der Waals surface area (Å²) in [6.45, 7) is 4.41. The molecule has 0 aliphatic carbocycles. The average molecular weight is 260 g/mol. The van der Waals surface area contributed by atoms with Gasteiger partial charge >= 0.3 is 0 Å². The Kier molecular flexibility index (Phi) is 5.60. The lowest BCUT2D eigenvalue weighted by molar-refractivity contribution is 0.440. The summed E-state index contributed by atoms with van der Waals surface area (Å²) in [4.78, 5) is 0. The standard InChI is InChI=1S/C13H19Cl2N/c1-3-5-9(2)8-12(16)10-6-4-7-11(14)13(10)15/h4,6-7,9,12H,3,5,8,16H2,1-2H3. The Balaban J connectivity index is 2.72. The monoisotopic (exact) mass is 259 g/mol. The molecule has 1 nitrogen and oxygen atoms in total. The smallest absolute Gasteiger partial charge is 0.0640 e. The van der Waals surface area contributed by atoms with Crippen molar-refractivity contribution in [2.75, 3.05) is 0 Å². The molecule has 0 aliphatic heterocycles. The molecule has 1 aromatic rings. The summed E-state index contributed by atoms with van der Waals surface area (Å²) in [7, 11) is 0. The maximum Gasteiger partial charge on any atom is 0.0640 e. The van der Waals surface area contributed by atoms with Crippen LogP contribution in [-0.2, 0) is 0 Å². The van der Waals surface area contributed by atoms with E-state index in [0.29, 0.717) is 16.0 Å². The minimum absolute atomic E-state index is 0.0206. The maximum atomic E-state index is 6.15. The fraction of sp³-hybridized carbons (Fsp3) is 0.538. The van der Waals surface area contributed by atoms with Crippen LogP contribution in [0.3, 0.4) is 0 Å². The molecular weight excluding hydrogens is 241 g/mol. The van der Waals surface area contributed by atoms with Gasteiger partial charge in [0.1, 0.15) is 0 Å². The molecule has 0 fully saturated rings. The van der Waals surface area contributed by atoms with Crippen LogP contribution in [-0.4, -0.2) is 0 Å². The molecule has 0 spiro atoms. The number of halogens is 2. The predicted molar refractivity (Wildman–Crippen MR) is 72.1 cm³/mol. The average Bonchev–Trinajstić information content (AvgIpc) is 2.22. The molecule has 0 aromatic heterocycles. The highest BCUT2D eigenvalue weighted by atomic mass is 35.5. The molecule has 0 amide bonds. The van der Waals surface area contributed by atoms with Crippen molar-refractivity contribution in [1.29, 1.82) is 0 Å². The SMILES string of the molecule is CCCC(C)CC(N)c1cccc(Cl)c1Cl. The summed E-state index contributed by atoms with van der Waals surface area (Å²) in [5.41, 5.74) is 7.11. The highest BCUT2D eigenvalue weighted by Gasteiger charge is 2.14. The molecule has 0 heterocycles. The van der Waals surface area contributed by atoms with E-state index >= 15 is 0 Å². The number of nitrogens with two attached hydrogens (primary N) is 1. The second kappa shape index (κ2) is 6.48. The zero-order valence-electron chi connectivity index (χ0n) is 9.84. The molecule has 0 saturated carbocycles. The topological polar surface area (TPSA) is 26.0 Å². The van der Waals surface area contributed by atoms with Gasteiger partial charge in [-0.15, -0.1) is 0 Å². The number of rotatable bonds is 5. The molecule has 2 atom stereocenters. The van der Waals surface area contributed by atoms with E-state index in [0.717, 1.165) is 12.0 Å². The van der Waals surface area contributed by atoms with E-state index in [4.69, 9.17) is 28.9 Å². The molecule has 3 heteroatoms. The van der Waals surface area contributed by atoms with Crippen molar-refractivity contribution in [3.63, 3.8) is 0 Å². The third kappa shape index (κ3) is 3.65. The van der Waals surface area contributed by atoms with Gasteiger partial charge in [-0.1, -0.05) is 62.0 Å². The van der Waals surface area contributed by atoms with Gasteiger partial charge in [-0.2, -0.15) is 0 Å². The Morgan fingerprint density at radius 1 is 1.31 bits per heavy atom.